The lowest BCUT2D eigenvalue weighted by molar-refractivity contribution is -0.128. The van der Waals surface area contributed by atoms with Crippen LogP contribution >= 0.6 is 0 Å². The van der Waals surface area contributed by atoms with Gasteiger partial charge in [-0.1, -0.05) is 23.3 Å². The van der Waals surface area contributed by atoms with E-state index in [9.17, 15) is 9.59 Å². The van der Waals surface area contributed by atoms with Crippen LogP contribution in [-0.2, 0) is 9.59 Å². The molecule has 1 aliphatic rings. The average molecular weight is 287 g/mol. The number of benzene rings is 1. The van der Waals surface area contributed by atoms with Crippen molar-refractivity contribution in [2.24, 2.45) is 10.8 Å². The summed E-state index contributed by atoms with van der Waals surface area (Å²) in [4.78, 5) is 27.2. The van der Waals surface area contributed by atoms with Gasteiger partial charge in [0.05, 0.1) is 0 Å². The Morgan fingerprint density at radius 1 is 1.52 bits per heavy atom. The van der Waals surface area contributed by atoms with Crippen LogP contribution in [0.5, 0.6) is 0 Å². The van der Waals surface area contributed by atoms with Gasteiger partial charge in [0, 0.05) is 42.4 Å². The van der Waals surface area contributed by atoms with Crippen molar-refractivity contribution in [1.82, 2.24) is 4.90 Å². The summed E-state index contributed by atoms with van der Waals surface area (Å²) < 4.78 is 0. The van der Waals surface area contributed by atoms with Crippen LogP contribution in [0.4, 0.5) is 5.69 Å². The molecule has 1 aromatic rings. The van der Waals surface area contributed by atoms with Crippen LogP contribution in [0.15, 0.2) is 29.4 Å². The predicted molar refractivity (Wildman–Crippen MR) is 77.6 cm³/mol. The molecule has 1 heterocycles. The highest BCUT2D eigenvalue weighted by atomic mass is 16.2. The molecule has 0 aliphatic carbocycles. The maximum Gasteiger partial charge on any atom is 0.223 e. The molecule has 2 amide bonds. The Bertz CT molecular complexity index is 595. The van der Waals surface area contributed by atoms with Gasteiger partial charge in [0.25, 0.3) is 0 Å². The molecule has 2 rings (SSSR count). The van der Waals surface area contributed by atoms with Gasteiger partial charge in [-0.3, -0.25) is 9.59 Å². The van der Waals surface area contributed by atoms with E-state index in [4.69, 9.17) is 11.3 Å². The van der Waals surface area contributed by atoms with Crippen molar-refractivity contribution in [3.8, 4) is 0 Å². The SMILES string of the molecule is [N-]=[N+]=Nc1cccc(C2CC(=O)N(CCCC(N)=O)C2)c1. The first-order chi connectivity index (χ1) is 10.1. The summed E-state index contributed by atoms with van der Waals surface area (Å²) in [5.41, 5.74) is 15.1. The highest BCUT2D eigenvalue weighted by molar-refractivity contribution is 5.80. The molecule has 1 unspecified atom stereocenters. The van der Waals surface area contributed by atoms with Gasteiger partial charge >= 0.3 is 0 Å². The molecular weight excluding hydrogens is 270 g/mol. The molecule has 1 saturated heterocycles. The summed E-state index contributed by atoms with van der Waals surface area (Å²) in [5.74, 6) is -0.168. The number of nitrogens with two attached hydrogens (primary N) is 1. The average Bonchev–Trinajstić information content (AvgIpc) is 2.81. The number of hydrogen-bond acceptors (Lipinski definition) is 3. The second kappa shape index (κ2) is 6.76. The van der Waals surface area contributed by atoms with Crippen LogP contribution in [0.3, 0.4) is 0 Å². The van der Waals surface area contributed by atoms with Gasteiger partial charge in [-0.2, -0.15) is 0 Å². The fourth-order valence-corrected chi connectivity index (χ4v) is 2.55. The minimum Gasteiger partial charge on any atom is -0.370 e. The van der Waals surface area contributed by atoms with Crippen LogP contribution in [0.2, 0.25) is 0 Å². The van der Waals surface area contributed by atoms with E-state index >= 15 is 0 Å². The Hall–Kier alpha value is -2.53. The summed E-state index contributed by atoms with van der Waals surface area (Å²) in [6.45, 7) is 1.17. The van der Waals surface area contributed by atoms with Gasteiger partial charge in [0.15, 0.2) is 0 Å². The molecule has 0 saturated carbocycles. The standard InChI is InChI=1S/C14H17N5O2/c15-13(20)5-2-6-19-9-11(8-14(19)21)10-3-1-4-12(7-10)17-18-16/h1,3-4,7,11H,2,5-6,8-9H2,(H2,15,20). The molecule has 1 aromatic carbocycles. The predicted octanol–water partition coefficient (Wildman–Crippen LogP) is 2.21. The molecule has 1 atom stereocenters. The quantitative estimate of drug-likeness (QED) is 0.491. The summed E-state index contributed by atoms with van der Waals surface area (Å²) in [5, 5.41) is 3.58. The molecule has 0 radical (unpaired) electrons. The number of carbonyl (C=O) groups excluding carboxylic acids is 2. The number of nitrogens with zero attached hydrogens (tertiary/aromatic N) is 4. The normalized spacial score (nSPS) is 17.6. The molecular formula is C14H17N5O2. The molecule has 7 heteroatoms. The maximum absolute atomic E-state index is 12.0. The molecule has 7 nitrogen and oxygen atoms in total. The zero-order valence-electron chi connectivity index (χ0n) is 11.6. The van der Waals surface area contributed by atoms with E-state index in [0.29, 0.717) is 38.0 Å². The lowest BCUT2D eigenvalue weighted by Crippen LogP contribution is -2.27. The highest BCUT2D eigenvalue weighted by Crippen LogP contribution is 2.30. The number of azide groups is 1. The number of amides is 2. The van der Waals surface area contributed by atoms with Crippen LogP contribution in [0.1, 0.15) is 30.7 Å². The maximum atomic E-state index is 12.0. The third-order valence-corrected chi connectivity index (χ3v) is 3.57. The molecule has 21 heavy (non-hydrogen) atoms. The molecule has 0 spiro atoms. The van der Waals surface area contributed by atoms with E-state index in [1.54, 1.807) is 11.0 Å². The summed E-state index contributed by atoms with van der Waals surface area (Å²) >= 11 is 0. The van der Waals surface area contributed by atoms with Crippen molar-refractivity contribution in [2.75, 3.05) is 13.1 Å². The van der Waals surface area contributed by atoms with E-state index in [-0.39, 0.29) is 17.7 Å². The van der Waals surface area contributed by atoms with Crippen LogP contribution in [0, 0.1) is 0 Å². The zero-order chi connectivity index (χ0) is 15.2. The van der Waals surface area contributed by atoms with E-state index in [0.717, 1.165) is 5.56 Å². The molecule has 1 aliphatic heterocycles. The molecule has 0 bridgehead atoms. The van der Waals surface area contributed by atoms with E-state index in [2.05, 4.69) is 10.0 Å². The minimum atomic E-state index is -0.347. The van der Waals surface area contributed by atoms with E-state index in [1.165, 1.54) is 0 Å². The van der Waals surface area contributed by atoms with Crippen molar-refractivity contribution in [3.05, 3.63) is 40.3 Å². The Balaban J connectivity index is 2.00. The number of likely N-dealkylation sites (tertiary alicyclic amines) is 1. The summed E-state index contributed by atoms with van der Waals surface area (Å²) in [7, 11) is 0. The highest BCUT2D eigenvalue weighted by Gasteiger charge is 2.30. The van der Waals surface area contributed by atoms with Gasteiger partial charge in [-0.15, -0.1) is 0 Å². The van der Waals surface area contributed by atoms with Crippen molar-refractivity contribution < 1.29 is 9.59 Å². The van der Waals surface area contributed by atoms with Crippen molar-refractivity contribution in [2.45, 2.75) is 25.2 Å². The van der Waals surface area contributed by atoms with Crippen LogP contribution in [-0.4, -0.2) is 29.8 Å². The van der Waals surface area contributed by atoms with Gasteiger partial charge in [-0.25, -0.2) is 0 Å². The van der Waals surface area contributed by atoms with Gasteiger partial charge in [-0.05, 0) is 23.6 Å². The van der Waals surface area contributed by atoms with Crippen molar-refractivity contribution >= 4 is 17.5 Å². The molecule has 1 fully saturated rings. The second-order valence-corrected chi connectivity index (χ2v) is 5.10. The number of primary amides is 1. The Morgan fingerprint density at radius 2 is 2.33 bits per heavy atom. The topological polar surface area (TPSA) is 112 Å². The molecule has 110 valence electrons. The summed E-state index contributed by atoms with van der Waals surface area (Å²) in [6.07, 6.45) is 1.32. The Labute approximate surface area is 122 Å². The fraction of sp³-hybridized carbons (Fsp3) is 0.429. The number of carbonyl (C=O) groups is 2. The molecule has 0 aromatic heterocycles. The van der Waals surface area contributed by atoms with Gasteiger partial charge in [0.1, 0.15) is 0 Å². The first-order valence-electron chi connectivity index (χ1n) is 6.81. The van der Waals surface area contributed by atoms with Crippen LogP contribution < -0.4 is 5.73 Å². The van der Waals surface area contributed by atoms with E-state index < -0.39 is 0 Å². The zero-order valence-corrected chi connectivity index (χ0v) is 11.6. The summed E-state index contributed by atoms with van der Waals surface area (Å²) in [6, 6.07) is 7.29. The first kappa shape index (κ1) is 14.9. The lowest BCUT2D eigenvalue weighted by Gasteiger charge is -2.16. The Morgan fingerprint density at radius 3 is 3.05 bits per heavy atom. The minimum absolute atomic E-state index is 0.0821. The lowest BCUT2D eigenvalue weighted by atomic mass is 9.98. The first-order valence-corrected chi connectivity index (χ1v) is 6.81. The number of rotatable bonds is 6. The van der Waals surface area contributed by atoms with Gasteiger partial charge < -0.3 is 10.6 Å². The largest absolute Gasteiger partial charge is 0.370 e. The van der Waals surface area contributed by atoms with E-state index in [1.807, 2.05) is 18.2 Å². The second-order valence-electron chi connectivity index (χ2n) is 5.10. The van der Waals surface area contributed by atoms with Crippen molar-refractivity contribution in [1.29, 1.82) is 0 Å². The van der Waals surface area contributed by atoms with Crippen molar-refractivity contribution in [3.63, 3.8) is 0 Å². The monoisotopic (exact) mass is 287 g/mol. The Kier molecular flexibility index (Phi) is 4.79. The van der Waals surface area contributed by atoms with Crippen LogP contribution in [0.25, 0.3) is 10.4 Å². The number of hydrogen-bond donors (Lipinski definition) is 1. The molecule has 2 N–H and O–H groups in total. The smallest absolute Gasteiger partial charge is 0.223 e. The third kappa shape index (κ3) is 3.97. The fourth-order valence-electron chi connectivity index (χ4n) is 2.55. The van der Waals surface area contributed by atoms with Gasteiger partial charge in [0.2, 0.25) is 11.8 Å². The third-order valence-electron chi connectivity index (χ3n) is 3.57.